The normalized spacial score (nSPS) is 12.7. The van der Waals surface area contributed by atoms with E-state index >= 15 is 0 Å². The Morgan fingerprint density at radius 3 is 2.72 bits per heavy atom. The molecule has 3 nitrogen and oxygen atoms in total. The van der Waals surface area contributed by atoms with E-state index in [0.717, 1.165) is 26.1 Å². The topological polar surface area (TPSA) is 32.3 Å². The number of likely N-dealkylation sites (N-methyl/N-ethyl adjacent to an activating group) is 1. The molecule has 0 bridgehead atoms. The predicted molar refractivity (Wildman–Crippen MR) is 78.0 cm³/mol. The molecular weight excluding hydrogens is 244 g/mol. The molecule has 0 radical (unpaired) electrons. The van der Waals surface area contributed by atoms with Crippen molar-refractivity contribution < 1.29 is 4.79 Å². The highest BCUT2D eigenvalue weighted by Gasteiger charge is 2.11. The molecule has 1 heterocycles. The summed E-state index contributed by atoms with van der Waals surface area (Å²) in [6.07, 6.45) is 1.44. The summed E-state index contributed by atoms with van der Waals surface area (Å²) < 4.78 is 0. The van der Waals surface area contributed by atoms with Crippen molar-refractivity contribution in [3.8, 4) is 0 Å². The zero-order valence-electron chi connectivity index (χ0n) is 11.6. The number of thiophene rings is 1. The van der Waals surface area contributed by atoms with Gasteiger partial charge < -0.3 is 5.32 Å². The maximum Gasteiger partial charge on any atom is 0.220 e. The first-order chi connectivity index (χ1) is 8.67. The molecule has 1 rings (SSSR count). The van der Waals surface area contributed by atoms with E-state index in [2.05, 4.69) is 42.4 Å². The van der Waals surface area contributed by atoms with Crippen molar-refractivity contribution in [1.29, 1.82) is 0 Å². The molecule has 0 aliphatic carbocycles. The zero-order valence-corrected chi connectivity index (χ0v) is 12.4. The van der Waals surface area contributed by atoms with Gasteiger partial charge in [0.15, 0.2) is 0 Å². The molecule has 0 fully saturated rings. The lowest BCUT2D eigenvalue weighted by Gasteiger charge is -2.26. The number of rotatable bonds is 8. The van der Waals surface area contributed by atoms with Crippen LogP contribution in [0.3, 0.4) is 0 Å². The third-order valence-corrected chi connectivity index (χ3v) is 4.15. The summed E-state index contributed by atoms with van der Waals surface area (Å²) in [5, 5.41) is 5.07. The highest BCUT2D eigenvalue weighted by Crippen LogP contribution is 2.10. The molecule has 1 N–H and O–H groups in total. The van der Waals surface area contributed by atoms with Gasteiger partial charge in [-0.3, -0.25) is 9.69 Å². The molecule has 0 aromatic carbocycles. The van der Waals surface area contributed by atoms with E-state index in [1.54, 1.807) is 11.3 Å². The van der Waals surface area contributed by atoms with Crippen molar-refractivity contribution in [2.45, 2.75) is 39.7 Å². The maximum absolute atomic E-state index is 11.7. The SMILES string of the molecule is CCN(CC)C(C)CNC(=O)CCc1cccs1. The third kappa shape index (κ3) is 5.19. The number of hydrogen-bond acceptors (Lipinski definition) is 3. The minimum absolute atomic E-state index is 0.155. The fourth-order valence-electron chi connectivity index (χ4n) is 2.02. The fourth-order valence-corrected chi connectivity index (χ4v) is 2.73. The Labute approximate surface area is 114 Å². The second kappa shape index (κ2) is 8.27. The molecule has 0 aliphatic rings. The molecule has 0 spiro atoms. The van der Waals surface area contributed by atoms with Crippen LogP contribution in [0, 0.1) is 0 Å². The van der Waals surface area contributed by atoms with Gasteiger partial charge in [0.05, 0.1) is 0 Å². The number of carbonyl (C=O) groups is 1. The maximum atomic E-state index is 11.7. The number of nitrogens with one attached hydrogen (secondary N) is 1. The van der Waals surface area contributed by atoms with Crippen LogP contribution < -0.4 is 5.32 Å². The van der Waals surface area contributed by atoms with E-state index in [1.165, 1.54) is 4.88 Å². The highest BCUT2D eigenvalue weighted by molar-refractivity contribution is 7.09. The smallest absolute Gasteiger partial charge is 0.220 e. The van der Waals surface area contributed by atoms with E-state index in [9.17, 15) is 4.79 Å². The van der Waals surface area contributed by atoms with Crippen LogP contribution in [-0.2, 0) is 11.2 Å². The summed E-state index contributed by atoms with van der Waals surface area (Å²) in [4.78, 5) is 15.3. The van der Waals surface area contributed by atoms with Crippen LogP contribution in [0.25, 0.3) is 0 Å². The van der Waals surface area contributed by atoms with E-state index in [-0.39, 0.29) is 5.91 Å². The molecule has 0 aliphatic heterocycles. The van der Waals surface area contributed by atoms with Gasteiger partial charge in [0.25, 0.3) is 0 Å². The van der Waals surface area contributed by atoms with Crippen LogP contribution in [0.5, 0.6) is 0 Å². The first-order valence-electron chi connectivity index (χ1n) is 6.70. The standard InChI is InChI=1S/C14H24N2OS/c1-4-16(5-2)12(3)11-15-14(17)9-8-13-7-6-10-18-13/h6-7,10,12H,4-5,8-9,11H2,1-3H3,(H,15,17). The Morgan fingerprint density at radius 2 is 2.17 bits per heavy atom. The summed E-state index contributed by atoms with van der Waals surface area (Å²) in [7, 11) is 0. The van der Waals surface area contributed by atoms with Crippen molar-refractivity contribution in [1.82, 2.24) is 10.2 Å². The summed E-state index contributed by atoms with van der Waals surface area (Å²) in [5.41, 5.74) is 0. The molecule has 1 aromatic heterocycles. The molecule has 1 amide bonds. The Hall–Kier alpha value is -0.870. The Balaban J connectivity index is 2.20. The molecule has 1 unspecified atom stereocenters. The lowest BCUT2D eigenvalue weighted by atomic mass is 10.2. The van der Waals surface area contributed by atoms with Crippen LogP contribution in [-0.4, -0.2) is 36.5 Å². The second-order valence-corrected chi connectivity index (χ2v) is 5.49. The average molecular weight is 268 g/mol. The second-order valence-electron chi connectivity index (χ2n) is 4.45. The third-order valence-electron chi connectivity index (χ3n) is 3.21. The molecule has 1 atom stereocenters. The molecule has 1 aromatic rings. The molecule has 0 saturated heterocycles. The number of nitrogens with zero attached hydrogens (tertiary/aromatic N) is 1. The number of amides is 1. The van der Waals surface area contributed by atoms with Gasteiger partial charge in [0.1, 0.15) is 0 Å². The molecule has 18 heavy (non-hydrogen) atoms. The van der Waals surface area contributed by atoms with Gasteiger partial charge in [0.2, 0.25) is 5.91 Å². The molecule has 4 heteroatoms. The zero-order chi connectivity index (χ0) is 13.4. The van der Waals surface area contributed by atoms with Gasteiger partial charge >= 0.3 is 0 Å². The summed E-state index contributed by atoms with van der Waals surface area (Å²) >= 11 is 1.71. The van der Waals surface area contributed by atoms with Crippen molar-refractivity contribution >= 4 is 17.2 Å². The Morgan fingerprint density at radius 1 is 1.44 bits per heavy atom. The lowest BCUT2D eigenvalue weighted by molar-refractivity contribution is -0.121. The van der Waals surface area contributed by atoms with E-state index in [1.807, 2.05) is 6.07 Å². The fraction of sp³-hybridized carbons (Fsp3) is 0.643. The van der Waals surface area contributed by atoms with Crippen molar-refractivity contribution in [2.75, 3.05) is 19.6 Å². The monoisotopic (exact) mass is 268 g/mol. The largest absolute Gasteiger partial charge is 0.355 e. The summed E-state index contributed by atoms with van der Waals surface area (Å²) in [6, 6.07) is 4.52. The van der Waals surface area contributed by atoms with Crippen molar-refractivity contribution in [2.24, 2.45) is 0 Å². The van der Waals surface area contributed by atoms with Crippen LogP contribution in [0.2, 0.25) is 0 Å². The number of aryl methyl sites for hydroxylation is 1. The average Bonchev–Trinajstić information content (AvgIpc) is 2.88. The van der Waals surface area contributed by atoms with Gasteiger partial charge in [-0.15, -0.1) is 11.3 Å². The van der Waals surface area contributed by atoms with E-state index in [4.69, 9.17) is 0 Å². The van der Waals surface area contributed by atoms with Gasteiger partial charge in [0, 0.05) is 23.9 Å². The first-order valence-corrected chi connectivity index (χ1v) is 7.58. The first kappa shape index (κ1) is 15.2. The van der Waals surface area contributed by atoms with Crippen LogP contribution in [0.1, 0.15) is 32.1 Å². The van der Waals surface area contributed by atoms with Crippen LogP contribution >= 0.6 is 11.3 Å². The van der Waals surface area contributed by atoms with Crippen molar-refractivity contribution in [3.63, 3.8) is 0 Å². The number of hydrogen-bond donors (Lipinski definition) is 1. The minimum Gasteiger partial charge on any atom is -0.355 e. The van der Waals surface area contributed by atoms with Gasteiger partial charge in [-0.25, -0.2) is 0 Å². The molecular formula is C14H24N2OS. The van der Waals surface area contributed by atoms with E-state index in [0.29, 0.717) is 12.5 Å². The highest BCUT2D eigenvalue weighted by atomic mass is 32.1. The quantitative estimate of drug-likeness (QED) is 0.786. The Kier molecular flexibility index (Phi) is 6.98. The van der Waals surface area contributed by atoms with E-state index < -0.39 is 0 Å². The number of carbonyl (C=O) groups excluding carboxylic acids is 1. The van der Waals surface area contributed by atoms with Crippen LogP contribution in [0.15, 0.2) is 17.5 Å². The molecule has 102 valence electrons. The van der Waals surface area contributed by atoms with Gasteiger partial charge in [-0.1, -0.05) is 19.9 Å². The minimum atomic E-state index is 0.155. The van der Waals surface area contributed by atoms with Crippen molar-refractivity contribution in [3.05, 3.63) is 22.4 Å². The van der Waals surface area contributed by atoms with Gasteiger partial charge in [-0.2, -0.15) is 0 Å². The lowest BCUT2D eigenvalue weighted by Crippen LogP contribution is -2.42. The van der Waals surface area contributed by atoms with Crippen LogP contribution in [0.4, 0.5) is 0 Å². The Bertz CT molecular complexity index is 334. The summed E-state index contributed by atoms with van der Waals surface area (Å²) in [6.45, 7) is 9.26. The predicted octanol–water partition coefficient (Wildman–Crippen LogP) is 2.53. The summed E-state index contributed by atoms with van der Waals surface area (Å²) in [5.74, 6) is 0.155. The molecule has 0 saturated carbocycles. The van der Waals surface area contributed by atoms with Gasteiger partial charge in [-0.05, 0) is 37.9 Å².